The Labute approximate surface area is 332 Å². The zero-order chi connectivity index (χ0) is 38.1. The average Bonchev–Trinajstić information content (AvgIpc) is 3.75. The molecule has 0 N–H and O–H groups in total. The third-order valence-electron chi connectivity index (χ3n) is 12.1. The van der Waals surface area contributed by atoms with Crippen LogP contribution in [0.5, 0.6) is 0 Å². The first-order chi connectivity index (χ1) is 28.0. The fourth-order valence-corrected chi connectivity index (χ4v) is 9.15. The fraction of sp³-hybridized carbons (Fsp3) is 0.0545. The zero-order valence-electron chi connectivity index (χ0n) is 31.9. The number of fused-ring (bicyclic) bond motifs is 7. The van der Waals surface area contributed by atoms with E-state index < -0.39 is 0 Å². The van der Waals surface area contributed by atoms with E-state index in [1.807, 2.05) is 12.1 Å². The lowest BCUT2D eigenvalue weighted by Crippen LogP contribution is -2.16. The number of furan rings is 1. The number of benzene rings is 9. The Kier molecular flexibility index (Phi) is 7.55. The number of para-hydroxylation sites is 1. The quantitative estimate of drug-likeness (QED) is 0.169. The summed E-state index contributed by atoms with van der Waals surface area (Å²) >= 11 is 0. The lowest BCUT2D eigenvalue weighted by Gasteiger charge is -2.28. The molecule has 1 aliphatic carbocycles. The van der Waals surface area contributed by atoms with Crippen LogP contribution in [0.3, 0.4) is 0 Å². The predicted molar refractivity (Wildman–Crippen MR) is 240 cm³/mol. The van der Waals surface area contributed by atoms with Crippen LogP contribution >= 0.6 is 0 Å². The minimum absolute atomic E-state index is 0.114. The Bertz CT molecular complexity index is 3160. The number of nitrogens with zero attached hydrogens (tertiary/aromatic N) is 1. The Morgan fingerprint density at radius 1 is 0.351 bits per heavy atom. The van der Waals surface area contributed by atoms with Crippen molar-refractivity contribution in [1.82, 2.24) is 0 Å². The number of anilines is 3. The Morgan fingerprint density at radius 2 is 0.947 bits per heavy atom. The van der Waals surface area contributed by atoms with Gasteiger partial charge in [-0.1, -0.05) is 153 Å². The standard InChI is InChI=1S/C55H39NO/c1-55(2)51-22-7-5-19-47(51)48-31-29-44(35-52(48)55)56(42-27-24-36(25-28-42)40-26-30-50-49-20-6-8-23-53(49)57-54(50)34-40)43-17-10-15-39(33-43)38-14-9-16-41(32-38)46-21-11-13-37-12-3-4-18-45(37)46/h3-35H,1-2H3. The summed E-state index contributed by atoms with van der Waals surface area (Å²) in [4.78, 5) is 2.41. The minimum atomic E-state index is -0.114. The Hall–Kier alpha value is -7.16. The molecule has 1 heterocycles. The lowest BCUT2D eigenvalue weighted by atomic mass is 9.82. The van der Waals surface area contributed by atoms with Gasteiger partial charge in [-0.2, -0.15) is 0 Å². The molecule has 0 aliphatic heterocycles. The van der Waals surface area contributed by atoms with Crippen LogP contribution < -0.4 is 4.90 Å². The summed E-state index contributed by atoms with van der Waals surface area (Å²) in [5, 5.41) is 4.80. The minimum Gasteiger partial charge on any atom is -0.456 e. The summed E-state index contributed by atoms with van der Waals surface area (Å²) < 4.78 is 6.26. The second-order valence-electron chi connectivity index (χ2n) is 15.7. The first-order valence-corrected chi connectivity index (χ1v) is 19.7. The summed E-state index contributed by atoms with van der Waals surface area (Å²) in [7, 11) is 0. The van der Waals surface area contributed by atoms with Gasteiger partial charge in [-0.3, -0.25) is 0 Å². The molecule has 0 atom stereocenters. The van der Waals surface area contributed by atoms with Crippen LogP contribution in [0.4, 0.5) is 17.1 Å². The second-order valence-corrected chi connectivity index (χ2v) is 15.7. The summed E-state index contributed by atoms with van der Waals surface area (Å²) in [6, 6.07) is 72.8. The molecule has 2 heteroatoms. The van der Waals surface area contributed by atoms with E-state index in [0.29, 0.717) is 0 Å². The van der Waals surface area contributed by atoms with Gasteiger partial charge in [-0.25, -0.2) is 0 Å². The topological polar surface area (TPSA) is 16.4 Å². The molecule has 0 radical (unpaired) electrons. The van der Waals surface area contributed by atoms with Gasteiger partial charge in [0.15, 0.2) is 0 Å². The van der Waals surface area contributed by atoms with Crippen molar-refractivity contribution in [2.75, 3.05) is 4.90 Å². The number of hydrogen-bond donors (Lipinski definition) is 0. The van der Waals surface area contributed by atoms with Crippen LogP contribution in [0.25, 0.3) is 77.2 Å². The molecule has 0 saturated heterocycles. The molecule has 0 bridgehead atoms. The molecule has 0 spiro atoms. The summed E-state index contributed by atoms with van der Waals surface area (Å²) in [5.74, 6) is 0. The van der Waals surface area contributed by atoms with E-state index in [1.54, 1.807) is 0 Å². The molecule has 57 heavy (non-hydrogen) atoms. The van der Waals surface area contributed by atoms with Gasteiger partial charge in [-0.15, -0.1) is 0 Å². The zero-order valence-corrected chi connectivity index (χ0v) is 31.9. The van der Waals surface area contributed by atoms with Gasteiger partial charge in [0.05, 0.1) is 0 Å². The molecule has 2 nitrogen and oxygen atoms in total. The largest absolute Gasteiger partial charge is 0.456 e. The van der Waals surface area contributed by atoms with Crippen LogP contribution in [-0.4, -0.2) is 0 Å². The van der Waals surface area contributed by atoms with Crippen molar-refractivity contribution < 1.29 is 4.42 Å². The summed E-state index contributed by atoms with van der Waals surface area (Å²) in [5.41, 5.74) is 17.5. The van der Waals surface area contributed by atoms with E-state index in [9.17, 15) is 0 Å². The smallest absolute Gasteiger partial charge is 0.136 e. The molecule has 0 saturated carbocycles. The highest BCUT2D eigenvalue weighted by Crippen LogP contribution is 2.51. The summed E-state index contributed by atoms with van der Waals surface area (Å²) in [6.45, 7) is 4.70. The van der Waals surface area contributed by atoms with Gasteiger partial charge in [0.25, 0.3) is 0 Å². The molecule has 9 aromatic carbocycles. The first kappa shape index (κ1) is 33.2. The van der Waals surface area contributed by atoms with Gasteiger partial charge < -0.3 is 9.32 Å². The van der Waals surface area contributed by atoms with Crippen LogP contribution in [0, 0.1) is 0 Å². The molecule has 0 fully saturated rings. The van der Waals surface area contributed by atoms with E-state index in [1.165, 1.54) is 55.3 Å². The molecule has 11 rings (SSSR count). The average molecular weight is 730 g/mol. The maximum Gasteiger partial charge on any atom is 0.136 e. The molecule has 1 aromatic heterocycles. The molecule has 10 aromatic rings. The van der Waals surface area contributed by atoms with Crippen molar-refractivity contribution in [1.29, 1.82) is 0 Å². The molecule has 0 unspecified atom stereocenters. The van der Waals surface area contributed by atoms with Crippen molar-refractivity contribution >= 4 is 49.8 Å². The van der Waals surface area contributed by atoms with E-state index in [0.717, 1.165) is 50.1 Å². The Balaban J connectivity index is 1.02. The van der Waals surface area contributed by atoms with Crippen molar-refractivity contribution in [3.05, 3.63) is 211 Å². The molecule has 1 aliphatic rings. The van der Waals surface area contributed by atoms with Gasteiger partial charge >= 0.3 is 0 Å². The summed E-state index contributed by atoms with van der Waals surface area (Å²) in [6.07, 6.45) is 0. The highest BCUT2D eigenvalue weighted by molar-refractivity contribution is 6.06. The normalized spacial score (nSPS) is 12.9. The van der Waals surface area contributed by atoms with Crippen LogP contribution in [0.2, 0.25) is 0 Å². The SMILES string of the molecule is CC1(C)c2ccccc2-c2ccc(N(c3ccc(-c4ccc5c(c4)oc4ccccc45)cc3)c3cccc(-c4cccc(-c5cccc6ccccc56)c4)c3)cc21. The van der Waals surface area contributed by atoms with Gasteiger partial charge in [0, 0.05) is 33.2 Å². The number of rotatable bonds is 6. The van der Waals surface area contributed by atoms with Crippen LogP contribution in [0.1, 0.15) is 25.0 Å². The van der Waals surface area contributed by atoms with Crippen molar-refractivity contribution in [2.45, 2.75) is 19.3 Å². The molecular formula is C55H39NO. The third-order valence-corrected chi connectivity index (χ3v) is 12.1. The second kappa shape index (κ2) is 13.0. The monoisotopic (exact) mass is 729 g/mol. The predicted octanol–water partition coefficient (Wildman–Crippen LogP) is 15.5. The van der Waals surface area contributed by atoms with Gasteiger partial charge in [-0.05, 0) is 127 Å². The van der Waals surface area contributed by atoms with E-state index >= 15 is 0 Å². The molecular weight excluding hydrogens is 691 g/mol. The van der Waals surface area contributed by atoms with Gasteiger partial charge in [0.1, 0.15) is 11.2 Å². The fourth-order valence-electron chi connectivity index (χ4n) is 9.15. The van der Waals surface area contributed by atoms with Crippen LogP contribution in [0.15, 0.2) is 205 Å². The highest BCUT2D eigenvalue weighted by atomic mass is 16.3. The highest BCUT2D eigenvalue weighted by Gasteiger charge is 2.35. The van der Waals surface area contributed by atoms with Crippen LogP contribution in [-0.2, 0) is 5.41 Å². The van der Waals surface area contributed by atoms with Gasteiger partial charge in [0.2, 0.25) is 0 Å². The maximum atomic E-state index is 6.26. The Morgan fingerprint density at radius 3 is 1.84 bits per heavy atom. The third kappa shape index (κ3) is 5.48. The van der Waals surface area contributed by atoms with E-state index in [2.05, 4.69) is 207 Å². The first-order valence-electron chi connectivity index (χ1n) is 19.7. The lowest BCUT2D eigenvalue weighted by molar-refractivity contribution is 0.660. The molecule has 0 amide bonds. The van der Waals surface area contributed by atoms with Crippen molar-refractivity contribution in [2.24, 2.45) is 0 Å². The maximum absolute atomic E-state index is 6.26. The van der Waals surface area contributed by atoms with E-state index in [-0.39, 0.29) is 5.41 Å². The number of hydrogen-bond acceptors (Lipinski definition) is 2. The van der Waals surface area contributed by atoms with Crippen molar-refractivity contribution in [3.63, 3.8) is 0 Å². The van der Waals surface area contributed by atoms with Crippen molar-refractivity contribution in [3.8, 4) is 44.5 Å². The van der Waals surface area contributed by atoms with E-state index in [4.69, 9.17) is 4.42 Å². The molecule has 270 valence electrons.